The van der Waals surface area contributed by atoms with Gasteiger partial charge in [0, 0.05) is 24.8 Å². The fraction of sp³-hybridized carbons (Fsp3) is 0.308. The van der Waals surface area contributed by atoms with Crippen LogP contribution in [0.25, 0.3) is 0 Å². The van der Waals surface area contributed by atoms with Crippen LogP contribution in [0.3, 0.4) is 0 Å². The smallest absolute Gasteiger partial charge is 0.188 e. The molecule has 0 unspecified atom stereocenters. The van der Waals surface area contributed by atoms with Gasteiger partial charge >= 0.3 is 0 Å². The van der Waals surface area contributed by atoms with Crippen LogP contribution in [0.15, 0.2) is 35.8 Å². The first kappa shape index (κ1) is 14.5. The van der Waals surface area contributed by atoms with E-state index in [0.717, 1.165) is 13.0 Å². The minimum Gasteiger partial charge on any atom is -0.188 e. The summed E-state index contributed by atoms with van der Waals surface area (Å²) in [7, 11) is 0. The fourth-order valence-corrected chi connectivity index (χ4v) is 3.01. The summed E-state index contributed by atoms with van der Waals surface area (Å²) in [5.74, 6) is 0.701. The standard InChI is InChI=1S/C13H15ClNS.ClH/c1-11-13(7-8-14)16-10-15(11)9-12-5-3-2-4-6-12;/h2-6,10H,7-9H2,1H3;1H/q+1;. The molecular weight excluding hydrogens is 273 g/mol. The molecule has 1 heterocycles. The van der Waals surface area contributed by atoms with Crippen LogP contribution in [-0.2, 0) is 13.0 Å². The molecule has 17 heavy (non-hydrogen) atoms. The monoisotopic (exact) mass is 288 g/mol. The lowest BCUT2D eigenvalue weighted by atomic mass is 10.2. The molecule has 0 saturated carbocycles. The van der Waals surface area contributed by atoms with Crippen molar-refractivity contribution in [2.45, 2.75) is 19.9 Å². The molecule has 0 fully saturated rings. The van der Waals surface area contributed by atoms with E-state index >= 15 is 0 Å². The Morgan fingerprint density at radius 3 is 2.59 bits per heavy atom. The fourth-order valence-electron chi connectivity index (χ4n) is 1.71. The average Bonchev–Trinajstić information content (AvgIpc) is 2.64. The van der Waals surface area contributed by atoms with Crippen LogP contribution in [0.1, 0.15) is 16.1 Å². The number of nitrogens with zero attached hydrogens (tertiary/aromatic N) is 1. The van der Waals surface area contributed by atoms with Crippen molar-refractivity contribution in [3.8, 4) is 0 Å². The SMILES string of the molecule is Cc1c(CCCl)sc[n+]1Cc1ccccc1.Cl. The van der Waals surface area contributed by atoms with Crippen LogP contribution < -0.4 is 4.57 Å². The highest BCUT2D eigenvalue weighted by molar-refractivity contribution is 7.09. The van der Waals surface area contributed by atoms with Crippen molar-refractivity contribution in [3.05, 3.63) is 52.0 Å². The maximum Gasteiger partial charge on any atom is 0.225 e. The Kier molecular flexibility index (Phi) is 5.96. The van der Waals surface area contributed by atoms with E-state index in [4.69, 9.17) is 11.6 Å². The van der Waals surface area contributed by atoms with Crippen molar-refractivity contribution in [1.82, 2.24) is 0 Å². The number of hydrogen-bond donors (Lipinski definition) is 0. The summed E-state index contributed by atoms with van der Waals surface area (Å²) >= 11 is 7.57. The lowest BCUT2D eigenvalue weighted by molar-refractivity contribution is -0.689. The molecule has 2 aromatic rings. The van der Waals surface area contributed by atoms with E-state index in [0.29, 0.717) is 5.88 Å². The van der Waals surface area contributed by atoms with E-state index in [9.17, 15) is 0 Å². The summed E-state index contributed by atoms with van der Waals surface area (Å²) in [6.45, 7) is 3.12. The highest BCUT2D eigenvalue weighted by Gasteiger charge is 2.14. The quantitative estimate of drug-likeness (QED) is 0.598. The van der Waals surface area contributed by atoms with Crippen LogP contribution in [0.2, 0.25) is 0 Å². The molecule has 0 spiro atoms. The zero-order valence-corrected chi connectivity index (χ0v) is 12.1. The summed E-state index contributed by atoms with van der Waals surface area (Å²) in [5, 5.41) is 0. The number of rotatable bonds is 4. The highest BCUT2D eigenvalue weighted by Crippen LogP contribution is 2.13. The molecule has 2 rings (SSSR count). The van der Waals surface area contributed by atoms with Gasteiger partial charge in [-0.3, -0.25) is 0 Å². The Bertz CT molecular complexity index is 454. The Balaban J connectivity index is 0.00000144. The second-order valence-electron chi connectivity index (χ2n) is 3.78. The maximum atomic E-state index is 5.77. The molecular formula is C13H16Cl2NS+. The molecule has 0 saturated heterocycles. The van der Waals surface area contributed by atoms with E-state index in [1.54, 1.807) is 11.3 Å². The minimum absolute atomic E-state index is 0. The van der Waals surface area contributed by atoms with Crippen LogP contribution in [-0.4, -0.2) is 5.88 Å². The maximum absolute atomic E-state index is 5.77. The van der Waals surface area contributed by atoms with Gasteiger partial charge in [-0.15, -0.1) is 24.0 Å². The number of halogens is 2. The Hall–Kier alpha value is -0.570. The Labute approximate surface area is 117 Å². The second kappa shape index (κ2) is 7.00. The first-order valence-electron chi connectivity index (χ1n) is 5.37. The van der Waals surface area contributed by atoms with E-state index in [2.05, 4.69) is 41.3 Å². The number of aryl methyl sites for hydroxylation is 1. The molecule has 0 aliphatic heterocycles. The molecule has 0 aliphatic carbocycles. The first-order valence-corrected chi connectivity index (χ1v) is 6.79. The molecule has 1 aromatic heterocycles. The lowest BCUT2D eigenvalue weighted by Crippen LogP contribution is -2.34. The van der Waals surface area contributed by atoms with Gasteiger partial charge in [0.1, 0.15) is 0 Å². The van der Waals surface area contributed by atoms with Gasteiger partial charge in [-0.1, -0.05) is 41.7 Å². The summed E-state index contributed by atoms with van der Waals surface area (Å²) in [5.41, 5.74) is 4.87. The third kappa shape index (κ3) is 3.70. The van der Waals surface area contributed by atoms with E-state index < -0.39 is 0 Å². The van der Waals surface area contributed by atoms with E-state index in [1.807, 2.05) is 6.07 Å². The van der Waals surface area contributed by atoms with E-state index in [1.165, 1.54) is 16.1 Å². The second-order valence-corrected chi connectivity index (χ2v) is 5.10. The largest absolute Gasteiger partial charge is 0.225 e. The van der Waals surface area contributed by atoms with Crippen molar-refractivity contribution in [2.75, 3.05) is 5.88 Å². The average molecular weight is 289 g/mol. The number of benzene rings is 1. The van der Waals surface area contributed by atoms with Crippen LogP contribution in [0, 0.1) is 6.92 Å². The molecule has 92 valence electrons. The number of aromatic nitrogens is 1. The van der Waals surface area contributed by atoms with E-state index in [-0.39, 0.29) is 12.4 Å². The normalized spacial score (nSPS) is 10.0. The van der Waals surface area contributed by atoms with Gasteiger partial charge in [0.15, 0.2) is 12.2 Å². The van der Waals surface area contributed by atoms with Crippen molar-refractivity contribution in [2.24, 2.45) is 0 Å². The molecule has 0 N–H and O–H groups in total. The number of thiazole rings is 1. The predicted octanol–water partition coefficient (Wildman–Crippen LogP) is 3.60. The lowest BCUT2D eigenvalue weighted by Gasteiger charge is -1.97. The van der Waals surface area contributed by atoms with Crippen LogP contribution in [0.4, 0.5) is 0 Å². The Morgan fingerprint density at radius 2 is 1.94 bits per heavy atom. The van der Waals surface area contributed by atoms with Crippen molar-refractivity contribution < 1.29 is 4.57 Å². The van der Waals surface area contributed by atoms with Gasteiger partial charge in [0.2, 0.25) is 5.51 Å². The topological polar surface area (TPSA) is 3.88 Å². The summed E-state index contributed by atoms with van der Waals surface area (Å²) in [6, 6.07) is 10.5. The van der Waals surface area contributed by atoms with Crippen LogP contribution in [0.5, 0.6) is 0 Å². The number of alkyl halides is 1. The molecule has 0 amide bonds. The zero-order valence-electron chi connectivity index (χ0n) is 9.73. The number of hydrogen-bond acceptors (Lipinski definition) is 1. The molecule has 0 aliphatic rings. The molecule has 0 radical (unpaired) electrons. The third-order valence-corrected chi connectivity index (χ3v) is 4.01. The van der Waals surface area contributed by atoms with Gasteiger partial charge < -0.3 is 0 Å². The minimum atomic E-state index is 0. The summed E-state index contributed by atoms with van der Waals surface area (Å²) < 4.78 is 2.29. The van der Waals surface area contributed by atoms with Crippen molar-refractivity contribution in [1.29, 1.82) is 0 Å². The van der Waals surface area contributed by atoms with Crippen molar-refractivity contribution in [3.63, 3.8) is 0 Å². The van der Waals surface area contributed by atoms with Gasteiger partial charge in [0.25, 0.3) is 0 Å². The molecule has 1 nitrogen and oxygen atoms in total. The molecule has 4 heteroatoms. The van der Waals surface area contributed by atoms with Gasteiger partial charge in [-0.05, 0) is 0 Å². The molecule has 1 aromatic carbocycles. The predicted molar refractivity (Wildman–Crippen MR) is 76.5 cm³/mol. The highest BCUT2D eigenvalue weighted by atomic mass is 35.5. The van der Waals surface area contributed by atoms with Gasteiger partial charge in [-0.25, -0.2) is 0 Å². The van der Waals surface area contributed by atoms with Gasteiger partial charge in [-0.2, -0.15) is 4.57 Å². The van der Waals surface area contributed by atoms with Gasteiger partial charge in [0.05, 0.1) is 4.88 Å². The summed E-state index contributed by atoms with van der Waals surface area (Å²) in [4.78, 5) is 1.39. The molecule has 0 atom stereocenters. The Morgan fingerprint density at radius 1 is 1.24 bits per heavy atom. The zero-order chi connectivity index (χ0) is 11.4. The van der Waals surface area contributed by atoms with Crippen LogP contribution >= 0.6 is 35.3 Å². The first-order chi connectivity index (χ1) is 7.81. The third-order valence-electron chi connectivity index (χ3n) is 2.67. The van der Waals surface area contributed by atoms with Crippen molar-refractivity contribution >= 4 is 35.3 Å². The summed E-state index contributed by atoms with van der Waals surface area (Å²) in [6.07, 6.45) is 0.972. The molecule has 0 bridgehead atoms.